The lowest BCUT2D eigenvalue weighted by atomic mass is 10.2. The highest BCUT2D eigenvalue weighted by atomic mass is 32.2. The average molecular weight is 402 g/mol. The average Bonchev–Trinajstić information content (AvgIpc) is 3.64. The number of nitrogens with zero attached hydrogens (tertiary/aromatic N) is 3. The lowest BCUT2D eigenvalue weighted by Crippen LogP contribution is -2.20. The molecule has 1 aromatic heterocycles. The summed E-state index contributed by atoms with van der Waals surface area (Å²) in [7, 11) is 1.62. The number of ether oxygens (including phenoxy) is 2. The van der Waals surface area contributed by atoms with Crippen molar-refractivity contribution >= 4 is 17.8 Å². The molecule has 150 valence electrons. The van der Waals surface area contributed by atoms with Crippen LogP contribution in [0.25, 0.3) is 6.08 Å². The molecule has 1 aromatic carbocycles. The van der Waals surface area contributed by atoms with Gasteiger partial charge in [0.2, 0.25) is 0 Å². The van der Waals surface area contributed by atoms with Crippen molar-refractivity contribution in [3.8, 4) is 11.5 Å². The van der Waals surface area contributed by atoms with Crippen LogP contribution in [0.3, 0.4) is 0 Å². The second-order valence-electron chi connectivity index (χ2n) is 7.40. The molecule has 2 saturated carbocycles. The number of rotatable bonds is 10. The Morgan fingerprint density at radius 3 is 2.75 bits per heavy atom. The Kier molecular flexibility index (Phi) is 5.92. The first-order valence-corrected chi connectivity index (χ1v) is 10.9. The van der Waals surface area contributed by atoms with Gasteiger partial charge in [0.05, 0.1) is 13.2 Å². The zero-order valence-electron chi connectivity index (χ0n) is 16.4. The summed E-state index contributed by atoms with van der Waals surface area (Å²) in [6, 6.07) is 6.32. The number of hydrogen-bond donors (Lipinski definition) is 1. The summed E-state index contributed by atoms with van der Waals surface area (Å²) in [5.41, 5.74) is 1.05. The number of hydrogen-bond acceptors (Lipinski definition) is 6. The van der Waals surface area contributed by atoms with E-state index in [4.69, 9.17) is 9.47 Å². The minimum absolute atomic E-state index is 0.208. The zero-order chi connectivity index (χ0) is 19.5. The Bertz CT molecular complexity index is 843. The number of aromatic nitrogens is 3. The Hall–Kier alpha value is -1.99. The van der Waals surface area contributed by atoms with Gasteiger partial charge in [-0.05, 0) is 50.3 Å². The molecule has 1 unspecified atom stereocenters. The van der Waals surface area contributed by atoms with Crippen molar-refractivity contribution in [1.82, 2.24) is 14.8 Å². The number of aliphatic hydroxyl groups is 1. The van der Waals surface area contributed by atoms with Crippen LogP contribution in [0, 0.1) is 0 Å². The van der Waals surface area contributed by atoms with Crippen LogP contribution in [-0.4, -0.2) is 45.4 Å². The molecule has 0 bridgehead atoms. The van der Waals surface area contributed by atoms with Gasteiger partial charge in [-0.3, -0.25) is 0 Å². The highest BCUT2D eigenvalue weighted by molar-refractivity contribution is 7.99. The minimum Gasteiger partial charge on any atom is -0.493 e. The molecule has 0 radical (unpaired) electrons. The van der Waals surface area contributed by atoms with E-state index in [1.165, 1.54) is 25.7 Å². The molecular formula is C21H27N3O3S. The van der Waals surface area contributed by atoms with E-state index >= 15 is 0 Å². The van der Waals surface area contributed by atoms with Crippen molar-refractivity contribution < 1.29 is 14.6 Å². The Labute approximate surface area is 170 Å². The molecule has 1 heterocycles. The minimum atomic E-state index is -0.598. The molecule has 1 N–H and O–H groups in total. The summed E-state index contributed by atoms with van der Waals surface area (Å²) in [6.07, 6.45) is 8.25. The summed E-state index contributed by atoms with van der Waals surface area (Å²) in [6.45, 7) is 2.18. The molecule has 7 heteroatoms. The second-order valence-corrected chi connectivity index (χ2v) is 8.39. The fourth-order valence-corrected chi connectivity index (χ4v) is 4.10. The number of aliphatic hydroxyl groups excluding tert-OH is 1. The third-order valence-electron chi connectivity index (χ3n) is 4.93. The van der Waals surface area contributed by atoms with Gasteiger partial charge in [-0.25, -0.2) is 0 Å². The van der Waals surface area contributed by atoms with Gasteiger partial charge in [0.15, 0.2) is 16.7 Å². The number of methoxy groups -OCH3 is 1. The van der Waals surface area contributed by atoms with E-state index in [1.807, 2.05) is 37.3 Å². The summed E-state index contributed by atoms with van der Waals surface area (Å²) in [4.78, 5) is 0. The molecule has 2 fully saturated rings. The Morgan fingerprint density at radius 2 is 2.07 bits per heavy atom. The maximum Gasteiger partial charge on any atom is 0.191 e. The molecular weight excluding hydrogens is 374 g/mol. The molecule has 28 heavy (non-hydrogen) atoms. The zero-order valence-corrected chi connectivity index (χ0v) is 17.2. The second kappa shape index (κ2) is 8.57. The van der Waals surface area contributed by atoms with E-state index in [0.29, 0.717) is 29.2 Å². The van der Waals surface area contributed by atoms with Crippen molar-refractivity contribution in [2.24, 2.45) is 0 Å². The highest BCUT2D eigenvalue weighted by Crippen LogP contribution is 2.46. The first-order chi connectivity index (χ1) is 13.7. The number of benzene rings is 1. The van der Waals surface area contributed by atoms with E-state index in [2.05, 4.69) is 14.8 Å². The standard InChI is InChI=1S/C21H27N3O3S/c1-3-4-14-5-10-18(19(11-14)26-2)27-12-17(25)13-28-21-23-22-20(15-6-7-15)24(21)16-8-9-16/h3-5,10-11,15-17,25H,6-9,12-13H2,1-2H3/b4-3+. The van der Waals surface area contributed by atoms with E-state index < -0.39 is 6.10 Å². The van der Waals surface area contributed by atoms with Crippen LogP contribution in [0.2, 0.25) is 0 Å². The van der Waals surface area contributed by atoms with Crippen molar-refractivity contribution in [1.29, 1.82) is 0 Å². The molecule has 0 aliphatic heterocycles. The maximum absolute atomic E-state index is 10.4. The van der Waals surface area contributed by atoms with Crippen molar-refractivity contribution in [2.75, 3.05) is 19.5 Å². The molecule has 2 aliphatic carbocycles. The molecule has 0 saturated heterocycles. The predicted molar refractivity (Wildman–Crippen MR) is 110 cm³/mol. The van der Waals surface area contributed by atoms with Gasteiger partial charge >= 0.3 is 0 Å². The van der Waals surface area contributed by atoms with Gasteiger partial charge in [-0.15, -0.1) is 10.2 Å². The van der Waals surface area contributed by atoms with E-state index in [1.54, 1.807) is 18.9 Å². The third kappa shape index (κ3) is 4.52. The van der Waals surface area contributed by atoms with E-state index in [0.717, 1.165) is 16.5 Å². The number of thioether (sulfide) groups is 1. The predicted octanol–water partition coefficient (Wildman–Crippen LogP) is 4.06. The summed E-state index contributed by atoms with van der Waals surface area (Å²) >= 11 is 1.56. The Balaban J connectivity index is 1.32. The quantitative estimate of drug-likeness (QED) is 0.606. The Morgan fingerprint density at radius 1 is 1.25 bits per heavy atom. The molecule has 2 aromatic rings. The fraction of sp³-hybridized carbons (Fsp3) is 0.524. The van der Waals surface area contributed by atoms with Gasteiger partial charge in [-0.1, -0.05) is 30.0 Å². The topological polar surface area (TPSA) is 69.4 Å². The summed E-state index contributed by atoms with van der Waals surface area (Å²) < 4.78 is 13.5. The molecule has 0 amide bonds. The van der Waals surface area contributed by atoms with Gasteiger partial charge in [0.1, 0.15) is 12.4 Å². The third-order valence-corrected chi connectivity index (χ3v) is 6.02. The van der Waals surface area contributed by atoms with Crippen LogP contribution in [0.5, 0.6) is 11.5 Å². The smallest absolute Gasteiger partial charge is 0.191 e. The van der Waals surface area contributed by atoms with Crippen LogP contribution in [0.4, 0.5) is 0 Å². The lowest BCUT2D eigenvalue weighted by molar-refractivity contribution is 0.124. The largest absolute Gasteiger partial charge is 0.493 e. The molecule has 1 atom stereocenters. The molecule has 2 aliphatic rings. The highest BCUT2D eigenvalue weighted by Gasteiger charge is 2.36. The van der Waals surface area contributed by atoms with E-state index in [-0.39, 0.29) is 6.61 Å². The molecule has 6 nitrogen and oxygen atoms in total. The van der Waals surface area contributed by atoms with Crippen LogP contribution >= 0.6 is 11.8 Å². The summed E-state index contributed by atoms with van der Waals surface area (Å²) in [5.74, 6) is 3.56. The number of allylic oxidation sites excluding steroid dienone is 1. The first kappa shape index (κ1) is 19.3. The van der Waals surface area contributed by atoms with Crippen LogP contribution < -0.4 is 9.47 Å². The molecule has 0 spiro atoms. The normalized spacial score (nSPS) is 17.8. The van der Waals surface area contributed by atoms with Crippen LogP contribution in [0.15, 0.2) is 29.4 Å². The lowest BCUT2D eigenvalue weighted by Gasteiger charge is -2.15. The van der Waals surface area contributed by atoms with Gasteiger partial charge in [-0.2, -0.15) is 0 Å². The fourth-order valence-electron chi connectivity index (χ4n) is 3.19. The SMILES string of the molecule is C/C=C/c1ccc(OCC(O)CSc2nnc(C3CC3)n2C2CC2)c(OC)c1. The van der Waals surface area contributed by atoms with Gasteiger partial charge in [0.25, 0.3) is 0 Å². The van der Waals surface area contributed by atoms with Crippen molar-refractivity contribution in [3.63, 3.8) is 0 Å². The van der Waals surface area contributed by atoms with Gasteiger partial charge < -0.3 is 19.1 Å². The van der Waals surface area contributed by atoms with E-state index in [9.17, 15) is 5.11 Å². The van der Waals surface area contributed by atoms with Crippen molar-refractivity contribution in [2.45, 2.75) is 55.8 Å². The summed E-state index contributed by atoms with van der Waals surface area (Å²) in [5, 5.41) is 20.1. The first-order valence-electron chi connectivity index (χ1n) is 9.88. The monoisotopic (exact) mass is 401 g/mol. The molecule has 4 rings (SSSR count). The van der Waals surface area contributed by atoms with Crippen LogP contribution in [-0.2, 0) is 0 Å². The van der Waals surface area contributed by atoms with Crippen molar-refractivity contribution in [3.05, 3.63) is 35.7 Å². The van der Waals surface area contributed by atoms with Crippen LogP contribution in [0.1, 0.15) is 56.0 Å². The van der Waals surface area contributed by atoms with Gasteiger partial charge in [0, 0.05) is 17.7 Å². The maximum atomic E-state index is 10.4.